The van der Waals surface area contributed by atoms with E-state index < -0.39 is 10.0 Å². The Morgan fingerprint density at radius 2 is 2.05 bits per heavy atom. The van der Waals surface area contributed by atoms with Crippen LogP contribution in [0.15, 0.2) is 40.7 Å². The Kier molecular flexibility index (Phi) is 4.32. The monoisotopic (exact) mass is 339 g/mol. The smallest absolute Gasteiger partial charge is 0.249 e. The van der Waals surface area contributed by atoms with E-state index in [1.165, 1.54) is 6.20 Å². The second-order valence-electron chi connectivity index (χ2n) is 5.18. The Morgan fingerprint density at radius 1 is 1.27 bits per heavy atom. The second kappa shape index (κ2) is 6.23. The van der Waals surface area contributed by atoms with Gasteiger partial charge in [0.2, 0.25) is 10.0 Å². The first kappa shape index (κ1) is 15.3. The Labute approximate surface area is 133 Å². The van der Waals surface area contributed by atoms with E-state index in [1.807, 2.05) is 30.3 Å². The number of nitrogens with zero attached hydrogens (tertiary/aromatic N) is 1. The summed E-state index contributed by atoms with van der Waals surface area (Å²) in [5, 5.41) is 8.92. The predicted molar refractivity (Wildman–Crippen MR) is 85.6 cm³/mol. The molecule has 22 heavy (non-hydrogen) atoms. The molecule has 0 amide bonds. The minimum absolute atomic E-state index is 0.0456. The summed E-state index contributed by atoms with van der Waals surface area (Å²) in [7, 11) is -3.69. The third kappa shape index (κ3) is 3.57. The molecule has 1 aliphatic carbocycles. The molecule has 1 saturated carbocycles. The lowest BCUT2D eigenvalue weighted by Crippen LogP contribution is -2.32. The van der Waals surface area contributed by atoms with E-state index in [-0.39, 0.29) is 16.4 Å². The van der Waals surface area contributed by atoms with E-state index in [0.29, 0.717) is 5.13 Å². The average Bonchev–Trinajstić information content (AvgIpc) is 3.10. The summed E-state index contributed by atoms with van der Waals surface area (Å²) in [5.74, 6) is 0.838. The Hall–Kier alpha value is -1.64. The minimum atomic E-state index is -3.69. The number of hydrogen-bond donors (Lipinski definition) is 2. The number of sulfonamides is 1. The van der Waals surface area contributed by atoms with Crippen LogP contribution in [0.2, 0.25) is 0 Å². The van der Waals surface area contributed by atoms with Gasteiger partial charge in [-0.3, -0.25) is 0 Å². The van der Waals surface area contributed by atoms with E-state index in [0.717, 1.165) is 36.3 Å². The molecule has 1 aromatic heterocycles. The zero-order valence-corrected chi connectivity index (χ0v) is 13.4. The van der Waals surface area contributed by atoms with Crippen molar-refractivity contribution in [3.63, 3.8) is 0 Å². The van der Waals surface area contributed by atoms with Crippen LogP contribution in [0.25, 0.3) is 0 Å². The summed E-state index contributed by atoms with van der Waals surface area (Å²) in [4.78, 5) is 4.08. The van der Waals surface area contributed by atoms with Gasteiger partial charge in [-0.15, -0.1) is 0 Å². The van der Waals surface area contributed by atoms with Crippen molar-refractivity contribution in [3.8, 4) is 5.75 Å². The standard InChI is InChI=1S/C14H17N3O3S2/c15-22(18,19)13-9-16-14(21-13)17-11-7-4-8-12(11)20-10-5-2-1-3-6-10/h1-3,5-6,9,11-12H,4,7-8H2,(H,16,17)(H2,15,18,19). The molecule has 2 aromatic rings. The van der Waals surface area contributed by atoms with Crippen LogP contribution in [0.5, 0.6) is 5.75 Å². The highest BCUT2D eigenvalue weighted by atomic mass is 32.2. The van der Waals surface area contributed by atoms with Crippen LogP contribution in [0, 0.1) is 0 Å². The number of nitrogens with two attached hydrogens (primary N) is 1. The van der Waals surface area contributed by atoms with E-state index in [2.05, 4.69) is 10.3 Å². The number of nitrogens with one attached hydrogen (secondary N) is 1. The van der Waals surface area contributed by atoms with Gasteiger partial charge in [-0.05, 0) is 31.4 Å². The van der Waals surface area contributed by atoms with Crippen molar-refractivity contribution in [3.05, 3.63) is 36.5 Å². The van der Waals surface area contributed by atoms with Crippen LogP contribution in [0.3, 0.4) is 0 Å². The van der Waals surface area contributed by atoms with Crippen LogP contribution in [0.1, 0.15) is 19.3 Å². The van der Waals surface area contributed by atoms with Gasteiger partial charge < -0.3 is 10.1 Å². The molecular formula is C14H17N3O3S2. The quantitative estimate of drug-likeness (QED) is 0.871. The van der Waals surface area contributed by atoms with Gasteiger partial charge in [0.05, 0.1) is 12.2 Å². The van der Waals surface area contributed by atoms with Crippen molar-refractivity contribution in [2.24, 2.45) is 5.14 Å². The maximum atomic E-state index is 11.3. The van der Waals surface area contributed by atoms with Crippen molar-refractivity contribution in [1.82, 2.24) is 4.98 Å². The molecule has 0 radical (unpaired) electrons. The molecule has 1 aromatic carbocycles. The van der Waals surface area contributed by atoms with Gasteiger partial charge in [-0.2, -0.15) is 0 Å². The fourth-order valence-electron chi connectivity index (χ4n) is 2.52. The molecule has 1 aliphatic rings. The molecule has 0 saturated heterocycles. The van der Waals surface area contributed by atoms with Crippen molar-refractivity contribution in [1.29, 1.82) is 0 Å². The highest BCUT2D eigenvalue weighted by Crippen LogP contribution is 2.29. The van der Waals surface area contributed by atoms with Crippen molar-refractivity contribution >= 4 is 26.5 Å². The molecule has 1 fully saturated rings. The van der Waals surface area contributed by atoms with Crippen LogP contribution < -0.4 is 15.2 Å². The normalized spacial score (nSPS) is 21.7. The Morgan fingerprint density at radius 3 is 2.73 bits per heavy atom. The number of ether oxygens (including phenoxy) is 1. The number of aromatic nitrogens is 1. The average molecular weight is 339 g/mol. The molecule has 8 heteroatoms. The number of benzene rings is 1. The van der Waals surface area contributed by atoms with E-state index >= 15 is 0 Å². The molecule has 1 heterocycles. The molecule has 118 valence electrons. The van der Waals surface area contributed by atoms with Crippen molar-refractivity contribution < 1.29 is 13.2 Å². The predicted octanol–water partition coefficient (Wildman–Crippen LogP) is 2.20. The van der Waals surface area contributed by atoms with Crippen LogP contribution in [-0.2, 0) is 10.0 Å². The largest absolute Gasteiger partial charge is 0.488 e. The first-order valence-corrected chi connectivity index (χ1v) is 9.35. The first-order chi connectivity index (χ1) is 10.5. The molecule has 0 bridgehead atoms. The van der Waals surface area contributed by atoms with Gasteiger partial charge in [0, 0.05) is 0 Å². The summed E-state index contributed by atoms with van der Waals surface area (Å²) < 4.78 is 28.6. The first-order valence-electron chi connectivity index (χ1n) is 6.99. The zero-order valence-electron chi connectivity index (χ0n) is 11.8. The highest BCUT2D eigenvalue weighted by molar-refractivity contribution is 7.91. The summed E-state index contributed by atoms with van der Waals surface area (Å²) >= 11 is 1.04. The van der Waals surface area contributed by atoms with Crippen molar-refractivity contribution in [2.45, 2.75) is 35.6 Å². The molecule has 3 N–H and O–H groups in total. The molecular weight excluding hydrogens is 322 g/mol. The zero-order chi connectivity index (χ0) is 15.6. The van der Waals surface area contributed by atoms with Crippen LogP contribution in [0.4, 0.5) is 5.13 Å². The van der Waals surface area contributed by atoms with E-state index in [9.17, 15) is 8.42 Å². The fraction of sp³-hybridized carbons (Fsp3) is 0.357. The number of rotatable bonds is 5. The highest BCUT2D eigenvalue weighted by Gasteiger charge is 2.30. The summed E-state index contributed by atoms with van der Waals surface area (Å²) in [6.45, 7) is 0. The SMILES string of the molecule is NS(=O)(=O)c1cnc(NC2CCCC2Oc2ccccc2)s1. The van der Waals surface area contributed by atoms with Gasteiger partial charge in [-0.1, -0.05) is 29.5 Å². The van der Waals surface area contributed by atoms with Gasteiger partial charge in [0.15, 0.2) is 9.34 Å². The molecule has 0 spiro atoms. The maximum Gasteiger partial charge on any atom is 0.249 e. The number of hydrogen-bond acceptors (Lipinski definition) is 6. The molecule has 3 rings (SSSR count). The molecule has 0 aliphatic heterocycles. The Balaban J connectivity index is 1.67. The van der Waals surface area contributed by atoms with Crippen LogP contribution in [-0.4, -0.2) is 25.5 Å². The second-order valence-corrected chi connectivity index (χ2v) is 8.00. The Bertz CT molecular complexity index is 731. The minimum Gasteiger partial charge on any atom is -0.488 e. The van der Waals surface area contributed by atoms with Gasteiger partial charge >= 0.3 is 0 Å². The topological polar surface area (TPSA) is 94.3 Å². The van der Waals surface area contributed by atoms with Crippen molar-refractivity contribution in [2.75, 3.05) is 5.32 Å². The summed E-state index contributed by atoms with van der Waals surface area (Å²) in [6, 6.07) is 9.79. The third-order valence-electron chi connectivity index (χ3n) is 3.56. The number of thiazole rings is 1. The van der Waals surface area contributed by atoms with Gasteiger partial charge in [0.1, 0.15) is 11.9 Å². The summed E-state index contributed by atoms with van der Waals surface area (Å²) in [5.41, 5.74) is 0. The number of para-hydroxylation sites is 1. The lowest BCUT2D eigenvalue weighted by atomic mass is 10.2. The summed E-state index contributed by atoms with van der Waals surface area (Å²) in [6.07, 6.45) is 4.30. The van der Waals surface area contributed by atoms with Gasteiger partial charge in [-0.25, -0.2) is 18.5 Å². The molecule has 6 nitrogen and oxygen atoms in total. The lowest BCUT2D eigenvalue weighted by Gasteiger charge is -2.22. The maximum absolute atomic E-state index is 11.3. The number of anilines is 1. The van der Waals surface area contributed by atoms with Crippen LogP contribution >= 0.6 is 11.3 Å². The van der Waals surface area contributed by atoms with E-state index in [1.54, 1.807) is 0 Å². The fourth-order valence-corrected chi connectivity index (χ4v) is 4.03. The molecule has 2 unspecified atom stereocenters. The lowest BCUT2D eigenvalue weighted by molar-refractivity contribution is 0.198. The third-order valence-corrected chi connectivity index (χ3v) is 5.89. The number of primary sulfonamides is 1. The van der Waals surface area contributed by atoms with Gasteiger partial charge in [0.25, 0.3) is 0 Å². The molecule has 2 atom stereocenters. The van der Waals surface area contributed by atoms with E-state index in [4.69, 9.17) is 9.88 Å².